The Hall–Kier alpha value is -1.93. The van der Waals surface area contributed by atoms with E-state index in [1.807, 2.05) is 19.1 Å². The van der Waals surface area contributed by atoms with E-state index in [0.717, 1.165) is 5.69 Å². The summed E-state index contributed by atoms with van der Waals surface area (Å²) >= 11 is 0. The summed E-state index contributed by atoms with van der Waals surface area (Å²) in [6, 6.07) is 9.25. The fraction of sp³-hybridized carbons (Fsp3) is 0.182. The van der Waals surface area contributed by atoms with Crippen LogP contribution in [-0.4, -0.2) is 6.04 Å². The molecular weight excluding hydrogens is 160 g/mol. The third kappa shape index (κ3) is 2.54. The van der Waals surface area contributed by atoms with Gasteiger partial charge in [0.05, 0.1) is 17.7 Å². The van der Waals surface area contributed by atoms with Crippen LogP contribution in [0.4, 0.5) is 5.69 Å². The van der Waals surface area contributed by atoms with Gasteiger partial charge in [0.1, 0.15) is 0 Å². The molecule has 0 heterocycles. The predicted molar refractivity (Wildman–Crippen MR) is 53.1 cm³/mol. The minimum atomic E-state index is 0.00735. The fourth-order valence-corrected chi connectivity index (χ4v) is 0.933. The van der Waals surface area contributed by atoms with E-state index in [-0.39, 0.29) is 6.04 Å². The van der Waals surface area contributed by atoms with Gasteiger partial charge in [-0.15, -0.1) is 6.42 Å². The molecule has 1 N–H and O–H groups in total. The first-order valence-electron chi connectivity index (χ1n) is 3.99. The second-order valence-corrected chi connectivity index (χ2v) is 2.72. The van der Waals surface area contributed by atoms with Crippen molar-refractivity contribution < 1.29 is 0 Å². The second-order valence-electron chi connectivity index (χ2n) is 2.72. The molecule has 0 aromatic heterocycles. The standard InChI is InChI=1S/C11H10N2/c1-3-9(2)13-11-6-4-10(8-12)5-7-11/h1,4-7,9,13H,2H3. The number of benzene rings is 1. The highest BCUT2D eigenvalue weighted by molar-refractivity contribution is 5.48. The van der Waals surface area contributed by atoms with Gasteiger partial charge in [-0.25, -0.2) is 0 Å². The molecule has 0 amide bonds. The molecule has 0 fully saturated rings. The summed E-state index contributed by atoms with van der Waals surface area (Å²) in [7, 11) is 0. The molecule has 1 aromatic rings. The summed E-state index contributed by atoms with van der Waals surface area (Å²) < 4.78 is 0. The molecule has 0 saturated heterocycles. The number of nitrogens with one attached hydrogen (secondary N) is 1. The zero-order valence-electron chi connectivity index (χ0n) is 7.41. The van der Waals surface area contributed by atoms with Gasteiger partial charge < -0.3 is 5.32 Å². The first-order valence-corrected chi connectivity index (χ1v) is 3.99. The molecule has 2 heteroatoms. The van der Waals surface area contributed by atoms with Crippen molar-refractivity contribution in [1.82, 2.24) is 0 Å². The van der Waals surface area contributed by atoms with Gasteiger partial charge in [-0.2, -0.15) is 5.26 Å². The largest absolute Gasteiger partial charge is 0.372 e. The third-order valence-corrected chi connectivity index (χ3v) is 1.65. The molecule has 0 saturated carbocycles. The van der Waals surface area contributed by atoms with Crippen LogP contribution >= 0.6 is 0 Å². The Morgan fingerprint density at radius 2 is 2.00 bits per heavy atom. The lowest BCUT2D eigenvalue weighted by Crippen LogP contribution is -2.11. The number of rotatable bonds is 2. The molecule has 1 atom stereocenters. The Bertz CT molecular complexity index is 351. The highest BCUT2D eigenvalue weighted by Crippen LogP contribution is 2.09. The predicted octanol–water partition coefficient (Wildman–Crippen LogP) is 1.99. The average molecular weight is 170 g/mol. The summed E-state index contributed by atoms with van der Waals surface area (Å²) in [5, 5.41) is 11.7. The van der Waals surface area contributed by atoms with Crippen molar-refractivity contribution in [3.8, 4) is 18.4 Å². The van der Waals surface area contributed by atoms with Crippen molar-refractivity contribution >= 4 is 5.69 Å². The van der Waals surface area contributed by atoms with Gasteiger partial charge in [0, 0.05) is 5.69 Å². The molecule has 0 aliphatic rings. The third-order valence-electron chi connectivity index (χ3n) is 1.65. The van der Waals surface area contributed by atoms with Crippen LogP contribution in [0.1, 0.15) is 12.5 Å². The van der Waals surface area contributed by atoms with Crippen LogP contribution in [0.5, 0.6) is 0 Å². The Balaban J connectivity index is 2.72. The SMILES string of the molecule is C#CC(C)Nc1ccc(C#N)cc1. The van der Waals surface area contributed by atoms with Crippen molar-refractivity contribution in [2.24, 2.45) is 0 Å². The van der Waals surface area contributed by atoms with Gasteiger partial charge in [-0.1, -0.05) is 5.92 Å². The molecule has 64 valence electrons. The molecule has 0 aliphatic carbocycles. The van der Waals surface area contributed by atoms with Crippen LogP contribution in [0.3, 0.4) is 0 Å². The average Bonchev–Trinajstić information content (AvgIpc) is 2.19. The number of terminal acetylenes is 1. The van der Waals surface area contributed by atoms with Crippen LogP contribution in [0.15, 0.2) is 24.3 Å². The smallest absolute Gasteiger partial charge is 0.0991 e. The number of nitriles is 1. The minimum absolute atomic E-state index is 0.00735. The van der Waals surface area contributed by atoms with Gasteiger partial charge in [0.15, 0.2) is 0 Å². The van der Waals surface area contributed by atoms with Crippen LogP contribution in [0.2, 0.25) is 0 Å². The van der Waals surface area contributed by atoms with Gasteiger partial charge in [-0.3, -0.25) is 0 Å². The first-order chi connectivity index (χ1) is 6.26. The van der Waals surface area contributed by atoms with Gasteiger partial charge >= 0.3 is 0 Å². The van der Waals surface area contributed by atoms with Gasteiger partial charge in [-0.05, 0) is 31.2 Å². The Labute approximate surface area is 78.2 Å². The minimum Gasteiger partial charge on any atom is -0.372 e. The first kappa shape index (κ1) is 9.16. The molecule has 2 nitrogen and oxygen atoms in total. The van der Waals surface area contributed by atoms with E-state index in [9.17, 15) is 0 Å². The molecular formula is C11H10N2. The van der Waals surface area contributed by atoms with Crippen LogP contribution < -0.4 is 5.32 Å². The van der Waals surface area contributed by atoms with E-state index in [4.69, 9.17) is 11.7 Å². The number of anilines is 1. The summed E-state index contributed by atoms with van der Waals surface area (Å²) in [5.41, 5.74) is 1.59. The van der Waals surface area contributed by atoms with E-state index in [0.29, 0.717) is 5.56 Å². The van der Waals surface area contributed by atoms with Crippen molar-refractivity contribution in [3.05, 3.63) is 29.8 Å². The zero-order valence-corrected chi connectivity index (χ0v) is 7.41. The van der Waals surface area contributed by atoms with E-state index in [1.165, 1.54) is 0 Å². The zero-order chi connectivity index (χ0) is 9.68. The number of hydrogen-bond acceptors (Lipinski definition) is 2. The van der Waals surface area contributed by atoms with Crippen LogP contribution in [0, 0.1) is 23.7 Å². The van der Waals surface area contributed by atoms with Crippen LogP contribution in [-0.2, 0) is 0 Å². The van der Waals surface area contributed by atoms with E-state index >= 15 is 0 Å². The maximum absolute atomic E-state index is 8.55. The molecule has 1 unspecified atom stereocenters. The summed E-state index contributed by atoms with van der Waals surface area (Å²) in [5.74, 6) is 2.57. The molecule has 1 rings (SSSR count). The van der Waals surface area contributed by atoms with E-state index in [2.05, 4.69) is 17.3 Å². The lowest BCUT2D eigenvalue weighted by atomic mass is 10.2. The molecule has 13 heavy (non-hydrogen) atoms. The van der Waals surface area contributed by atoms with Gasteiger partial charge in [0.25, 0.3) is 0 Å². The Morgan fingerprint density at radius 1 is 1.38 bits per heavy atom. The second kappa shape index (κ2) is 4.18. The molecule has 1 aromatic carbocycles. The number of nitrogens with zero attached hydrogens (tertiary/aromatic N) is 1. The highest BCUT2D eigenvalue weighted by Gasteiger charge is 1.96. The maximum Gasteiger partial charge on any atom is 0.0991 e. The molecule has 0 radical (unpaired) electrons. The lowest BCUT2D eigenvalue weighted by molar-refractivity contribution is 1.04. The Kier molecular flexibility index (Phi) is 2.95. The van der Waals surface area contributed by atoms with Crippen molar-refractivity contribution in [2.75, 3.05) is 5.32 Å². The molecule has 0 spiro atoms. The fourth-order valence-electron chi connectivity index (χ4n) is 0.933. The van der Waals surface area contributed by atoms with Gasteiger partial charge in [0.2, 0.25) is 0 Å². The summed E-state index contributed by atoms with van der Waals surface area (Å²) in [6.45, 7) is 1.90. The lowest BCUT2D eigenvalue weighted by Gasteiger charge is -2.08. The van der Waals surface area contributed by atoms with Crippen molar-refractivity contribution in [2.45, 2.75) is 13.0 Å². The topological polar surface area (TPSA) is 35.8 Å². The summed E-state index contributed by atoms with van der Waals surface area (Å²) in [4.78, 5) is 0. The normalized spacial score (nSPS) is 11.0. The van der Waals surface area contributed by atoms with E-state index in [1.54, 1.807) is 12.1 Å². The molecule has 0 bridgehead atoms. The quantitative estimate of drug-likeness (QED) is 0.689. The monoisotopic (exact) mass is 170 g/mol. The number of hydrogen-bond donors (Lipinski definition) is 1. The van der Waals surface area contributed by atoms with E-state index < -0.39 is 0 Å². The summed E-state index contributed by atoms with van der Waals surface area (Å²) in [6.07, 6.45) is 5.21. The van der Waals surface area contributed by atoms with Crippen molar-refractivity contribution in [3.63, 3.8) is 0 Å². The highest BCUT2D eigenvalue weighted by atomic mass is 14.9. The van der Waals surface area contributed by atoms with Crippen molar-refractivity contribution in [1.29, 1.82) is 5.26 Å². The maximum atomic E-state index is 8.55. The Morgan fingerprint density at radius 3 is 2.46 bits per heavy atom. The molecule has 0 aliphatic heterocycles. The van der Waals surface area contributed by atoms with Crippen LogP contribution in [0.25, 0.3) is 0 Å².